The lowest BCUT2D eigenvalue weighted by molar-refractivity contribution is -0.0686. The molecule has 4 aromatic rings. The lowest BCUT2D eigenvalue weighted by atomic mass is 10.0. The van der Waals surface area contributed by atoms with Gasteiger partial charge in [0.25, 0.3) is 0 Å². The lowest BCUT2D eigenvalue weighted by Gasteiger charge is -2.15. The van der Waals surface area contributed by atoms with E-state index in [1.54, 1.807) is 18.2 Å². The van der Waals surface area contributed by atoms with Crippen molar-refractivity contribution in [3.63, 3.8) is 0 Å². The molecule has 1 aliphatic heterocycles. The van der Waals surface area contributed by atoms with Gasteiger partial charge in [0.2, 0.25) is 5.88 Å². The predicted molar refractivity (Wildman–Crippen MR) is 144 cm³/mol. The number of esters is 1. The number of fused-ring (bicyclic) bond motifs is 2. The van der Waals surface area contributed by atoms with Crippen molar-refractivity contribution >= 4 is 40.8 Å². The van der Waals surface area contributed by atoms with Gasteiger partial charge in [-0.15, -0.1) is 0 Å². The number of allylic oxidation sites excluding steroid dienone is 1. The summed E-state index contributed by atoms with van der Waals surface area (Å²) in [5.41, 5.74) is 0.199. The number of nitrogens with zero attached hydrogens (tertiary/aromatic N) is 2. The van der Waals surface area contributed by atoms with Crippen LogP contribution in [0, 0.1) is 0 Å². The maximum atomic E-state index is 14.2. The summed E-state index contributed by atoms with van der Waals surface area (Å²) in [6.07, 6.45) is -2.04. The number of benzene rings is 2. The van der Waals surface area contributed by atoms with Crippen LogP contribution in [0.5, 0.6) is 17.4 Å². The van der Waals surface area contributed by atoms with Crippen LogP contribution < -0.4 is 9.47 Å². The highest BCUT2D eigenvalue weighted by Gasteiger charge is 2.39. The molecule has 2 aliphatic rings. The maximum absolute atomic E-state index is 14.2. The first-order chi connectivity index (χ1) is 19.6. The van der Waals surface area contributed by atoms with E-state index in [2.05, 4.69) is 10.1 Å². The molecule has 1 saturated carbocycles. The molecule has 0 spiro atoms. The molecule has 12 heteroatoms. The molecule has 1 aliphatic carbocycles. The van der Waals surface area contributed by atoms with Crippen LogP contribution in [-0.4, -0.2) is 29.4 Å². The van der Waals surface area contributed by atoms with Gasteiger partial charge >= 0.3 is 12.1 Å². The molecule has 2 aromatic carbocycles. The zero-order valence-corrected chi connectivity index (χ0v) is 22.7. The molecule has 0 unspecified atom stereocenters. The average molecular weight is 603 g/mol. The maximum Gasteiger partial charge on any atom is 0.418 e. The number of alkyl halides is 3. The Bertz CT molecular complexity index is 1690. The van der Waals surface area contributed by atoms with Crippen molar-refractivity contribution < 1.29 is 36.7 Å². The van der Waals surface area contributed by atoms with Gasteiger partial charge in [0.15, 0.2) is 5.75 Å². The van der Waals surface area contributed by atoms with Crippen LogP contribution in [0.1, 0.15) is 51.7 Å². The summed E-state index contributed by atoms with van der Waals surface area (Å²) in [5.74, 6) is -0.0839. The number of hydrogen-bond donors (Lipinski definition) is 0. The second-order valence-corrected chi connectivity index (χ2v) is 10.2. The van der Waals surface area contributed by atoms with Gasteiger partial charge in [0.1, 0.15) is 29.5 Å². The van der Waals surface area contributed by atoms with Gasteiger partial charge < -0.3 is 18.7 Å². The fraction of sp³-hybridized carbons (Fsp3) is 0.207. The fourth-order valence-electron chi connectivity index (χ4n) is 4.52. The molecule has 0 bridgehead atoms. The van der Waals surface area contributed by atoms with E-state index in [1.807, 2.05) is 0 Å². The third kappa shape index (κ3) is 5.25. The van der Waals surface area contributed by atoms with Gasteiger partial charge in [-0.25, -0.2) is 9.78 Å². The molecule has 0 saturated heterocycles. The van der Waals surface area contributed by atoms with Crippen LogP contribution >= 0.6 is 23.2 Å². The number of rotatable bonds is 6. The summed E-state index contributed by atoms with van der Waals surface area (Å²) in [6.45, 7) is -0.105. The number of methoxy groups -OCH3 is 1. The summed E-state index contributed by atoms with van der Waals surface area (Å²) < 4.78 is 64.8. The van der Waals surface area contributed by atoms with Crippen molar-refractivity contribution in [3.05, 3.63) is 86.7 Å². The van der Waals surface area contributed by atoms with Crippen molar-refractivity contribution in [3.8, 4) is 28.6 Å². The second-order valence-electron chi connectivity index (χ2n) is 9.43. The highest BCUT2D eigenvalue weighted by Crippen LogP contribution is 2.47. The van der Waals surface area contributed by atoms with Gasteiger partial charge in [-0.05, 0) is 49.2 Å². The molecule has 0 atom stereocenters. The molecule has 7 nitrogen and oxygen atoms in total. The van der Waals surface area contributed by atoms with Crippen LogP contribution in [0.4, 0.5) is 13.2 Å². The third-order valence-electron chi connectivity index (χ3n) is 6.68. The minimum atomic E-state index is -4.77. The van der Waals surface area contributed by atoms with E-state index in [0.29, 0.717) is 32.6 Å². The Labute approximate surface area is 241 Å². The molecule has 210 valence electrons. The average Bonchev–Trinajstić information content (AvgIpc) is 3.72. The molecular weight excluding hydrogens is 584 g/mol. The first-order valence-electron chi connectivity index (χ1n) is 12.4. The summed E-state index contributed by atoms with van der Waals surface area (Å²) in [7, 11) is 1.20. The number of ether oxygens (including phenoxy) is 3. The Morgan fingerprint density at radius 1 is 1.05 bits per heavy atom. The van der Waals surface area contributed by atoms with Crippen LogP contribution in [0.3, 0.4) is 0 Å². The van der Waals surface area contributed by atoms with Crippen molar-refractivity contribution in [2.75, 3.05) is 7.11 Å². The minimum absolute atomic E-state index is 0.0451. The highest BCUT2D eigenvalue weighted by molar-refractivity contribution is 6.39. The number of hydrogen-bond acceptors (Lipinski definition) is 7. The van der Waals surface area contributed by atoms with E-state index in [1.165, 1.54) is 37.4 Å². The van der Waals surface area contributed by atoms with Gasteiger partial charge in [0.05, 0.1) is 33.9 Å². The first kappa shape index (κ1) is 27.2. The van der Waals surface area contributed by atoms with Gasteiger partial charge in [-0.3, -0.25) is 0 Å². The highest BCUT2D eigenvalue weighted by atomic mass is 35.5. The standard InChI is InChI=1S/C29H19Cl2F3N2O5/c1-38-28(37)16-8-7-15-11-18(29(32,33)34)26-21(40-22(15)12-16)9-10-23(35-26)39-13-17-25(36-41-27(17)14-5-6-14)24-19(30)3-2-4-20(24)31/h2-4,7-12,14H,5-6,13H2,1H3. The fourth-order valence-corrected chi connectivity index (χ4v) is 5.10. The summed E-state index contributed by atoms with van der Waals surface area (Å²) in [6, 6.07) is 11.8. The van der Waals surface area contributed by atoms with E-state index in [-0.39, 0.29) is 41.0 Å². The van der Waals surface area contributed by atoms with E-state index in [0.717, 1.165) is 18.9 Å². The quantitative estimate of drug-likeness (QED) is 0.204. The largest absolute Gasteiger partial charge is 0.473 e. The van der Waals surface area contributed by atoms with Gasteiger partial charge in [-0.2, -0.15) is 13.2 Å². The van der Waals surface area contributed by atoms with E-state index < -0.39 is 23.4 Å². The monoisotopic (exact) mass is 602 g/mol. The zero-order chi connectivity index (χ0) is 28.9. The molecule has 0 amide bonds. The number of aromatic nitrogens is 2. The molecule has 0 N–H and O–H groups in total. The van der Waals surface area contributed by atoms with Crippen LogP contribution in [0.25, 0.3) is 22.9 Å². The number of pyridine rings is 1. The number of carbonyl (C=O) groups excluding carboxylic acids is 1. The van der Waals surface area contributed by atoms with Crippen molar-refractivity contribution in [2.24, 2.45) is 0 Å². The second kappa shape index (κ2) is 10.4. The van der Waals surface area contributed by atoms with Gasteiger partial charge in [-0.1, -0.05) is 40.5 Å². The lowest BCUT2D eigenvalue weighted by Crippen LogP contribution is -2.12. The predicted octanol–water partition coefficient (Wildman–Crippen LogP) is 8.50. The van der Waals surface area contributed by atoms with Crippen molar-refractivity contribution in [1.29, 1.82) is 0 Å². The number of carbonyl (C=O) groups is 1. The smallest absolute Gasteiger partial charge is 0.418 e. The summed E-state index contributed by atoms with van der Waals surface area (Å²) in [5, 5.41) is 4.93. The van der Waals surface area contributed by atoms with Crippen molar-refractivity contribution in [2.45, 2.75) is 31.5 Å². The molecule has 1 fully saturated rings. The third-order valence-corrected chi connectivity index (χ3v) is 7.31. The molecule has 3 heterocycles. The first-order valence-corrected chi connectivity index (χ1v) is 13.2. The van der Waals surface area contributed by atoms with E-state index in [4.69, 9.17) is 41.9 Å². The summed E-state index contributed by atoms with van der Waals surface area (Å²) >= 11 is 12.8. The Morgan fingerprint density at radius 3 is 2.49 bits per heavy atom. The van der Waals surface area contributed by atoms with Crippen molar-refractivity contribution in [1.82, 2.24) is 10.1 Å². The Balaban J connectivity index is 1.36. The Hall–Kier alpha value is -4.02. The van der Waals surface area contributed by atoms with Crippen LogP contribution in [-0.2, 0) is 11.3 Å². The SMILES string of the molecule is COC(=O)c1ccc2c(c1)Oc1ccc(OCc3c(-c4c(Cl)cccc4Cl)noc3C3CC3)nc1C(C(F)(F)F)=C2. The van der Waals surface area contributed by atoms with Crippen LogP contribution in [0.2, 0.25) is 10.0 Å². The minimum Gasteiger partial charge on any atom is -0.473 e. The zero-order valence-electron chi connectivity index (χ0n) is 21.2. The Kier molecular flexibility index (Phi) is 6.91. The molecule has 2 aromatic heterocycles. The van der Waals surface area contributed by atoms with E-state index in [9.17, 15) is 18.0 Å². The topological polar surface area (TPSA) is 83.7 Å². The normalized spacial score (nSPS) is 14.3. The molecule has 6 rings (SSSR count). The molecule has 41 heavy (non-hydrogen) atoms. The van der Waals surface area contributed by atoms with Gasteiger partial charge in [0, 0.05) is 23.1 Å². The van der Waals surface area contributed by atoms with Crippen LogP contribution in [0.15, 0.2) is 53.1 Å². The van der Waals surface area contributed by atoms with E-state index >= 15 is 0 Å². The molecular formula is C29H19Cl2F3N2O5. The summed E-state index contributed by atoms with van der Waals surface area (Å²) in [4.78, 5) is 16.1. The number of halogens is 5. The Morgan fingerprint density at radius 2 is 1.80 bits per heavy atom. The molecule has 0 radical (unpaired) electrons.